The third-order valence-corrected chi connectivity index (χ3v) is 5.50. The lowest BCUT2D eigenvalue weighted by molar-refractivity contribution is 0.0951. The molecular formula is C23H32N6O. The minimum atomic E-state index is -0.152. The molecule has 0 unspecified atom stereocenters. The van der Waals surface area contributed by atoms with E-state index in [-0.39, 0.29) is 11.9 Å². The Morgan fingerprint density at radius 2 is 1.90 bits per heavy atom. The molecule has 0 saturated heterocycles. The van der Waals surface area contributed by atoms with Crippen LogP contribution in [0.4, 0.5) is 11.4 Å². The monoisotopic (exact) mass is 408 g/mol. The number of amides is 1. The zero-order valence-corrected chi connectivity index (χ0v) is 18.7. The first kappa shape index (κ1) is 21.6. The quantitative estimate of drug-likeness (QED) is 0.591. The van der Waals surface area contributed by atoms with Crippen LogP contribution in [-0.2, 0) is 13.1 Å². The van der Waals surface area contributed by atoms with Gasteiger partial charge in [-0.05, 0) is 31.4 Å². The van der Waals surface area contributed by atoms with Crippen molar-refractivity contribution >= 4 is 28.3 Å². The van der Waals surface area contributed by atoms with E-state index >= 15 is 0 Å². The molecule has 0 aliphatic rings. The van der Waals surface area contributed by atoms with Crippen LogP contribution in [0, 0.1) is 5.92 Å². The number of hydrogen-bond acceptors (Lipinski definition) is 5. The Kier molecular flexibility index (Phi) is 6.59. The first-order valence-electron chi connectivity index (χ1n) is 10.5. The first-order valence-corrected chi connectivity index (χ1v) is 10.5. The van der Waals surface area contributed by atoms with Gasteiger partial charge in [-0.3, -0.25) is 4.79 Å². The van der Waals surface area contributed by atoms with Gasteiger partial charge < -0.3 is 15.5 Å². The fourth-order valence-corrected chi connectivity index (χ4v) is 3.35. The molecule has 0 aliphatic carbocycles. The van der Waals surface area contributed by atoms with E-state index in [1.807, 2.05) is 54.9 Å². The van der Waals surface area contributed by atoms with Gasteiger partial charge in [-0.15, -0.1) is 0 Å². The van der Waals surface area contributed by atoms with Crippen molar-refractivity contribution in [1.82, 2.24) is 20.1 Å². The lowest BCUT2D eigenvalue weighted by atomic mass is 10.0. The largest absolute Gasteiger partial charge is 0.381 e. The maximum absolute atomic E-state index is 13.2. The van der Waals surface area contributed by atoms with Crippen LogP contribution < -0.4 is 15.5 Å². The van der Waals surface area contributed by atoms with E-state index in [9.17, 15) is 4.79 Å². The number of fused-ring (bicyclic) bond motifs is 1. The third-order valence-electron chi connectivity index (χ3n) is 5.50. The molecule has 1 amide bonds. The summed E-state index contributed by atoms with van der Waals surface area (Å²) in [5, 5.41) is 11.9. The third kappa shape index (κ3) is 4.40. The molecule has 1 atom stereocenters. The van der Waals surface area contributed by atoms with E-state index in [2.05, 4.69) is 41.5 Å². The Bertz CT molecular complexity index is 1020. The molecule has 2 N–H and O–H groups in total. The van der Waals surface area contributed by atoms with Crippen LogP contribution in [0.15, 0.2) is 36.7 Å². The van der Waals surface area contributed by atoms with E-state index in [0.29, 0.717) is 18.0 Å². The average molecular weight is 409 g/mol. The molecule has 2 heterocycles. The number of rotatable bonds is 8. The van der Waals surface area contributed by atoms with Crippen LogP contribution in [0.1, 0.15) is 43.6 Å². The highest BCUT2D eigenvalue weighted by Gasteiger charge is 2.20. The SMILES string of the molecule is CCn1ncc2c(N[C@@H](C)C(C)C)c(C(=O)NCc3ccccc3N(C)C)cnc21. The number of carbonyl (C=O) groups is 1. The van der Waals surface area contributed by atoms with Crippen molar-refractivity contribution in [3.63, 3.8) is 0 Å². The highest BCUT2D eigenvalue weighted by molar-refractivity contribution is 6.06. The number of aromatic nitrogens is 3. The second kappa shape index (κ2) is 9.15. The Morgan fingerprint density at radius 3 is 2.57 bits per heavy atom. The van der Waals surface area contributed by atoms with Crippen LogP contribution in [0.25, 0.3) is 11.0 Å². The van der Waals surface area contributed by atoms with Crippen LogP contribution in [0.3, 0.4) is 0 Å². The topological polar surface area (TPSA) is 75.1 Å². The number of carbonyl (C=O) groups excluding carboxylic acids is 1. The van der Waals surface area contributed by atoms with Gasteiger partial charge in [0.1, 0.15) is 0 Å². The summed E-state index contributed by atoms with van der Waals surface area (Å²) in [7, 11) is 4.00. The van der Waals surface area contributed by atoms with Gasteiger partial charge in [0.05, 0.1) is 22.8 Å². The van der Waals surface area contributed by atoms with Gasteiger partial charge in [-0.1, -0.05) is 32.0 Å². The minimum absolute atomic E-state index is 0.152. The first-order chi connectivity index (χ1) is 14.3. The summed E-state index contributed by atoms with van der Waals surface area (Å²) in [6.07, 6.45) is 3.44. The molecule has 1 aromatic carbocycles. The fourth-order valence-electron chi connectivity index (χ4n) is 3.35. The lowest BCUT2D eigenvalue weighted by Crippen LogP contribution is -2.28. The highest BCUT2D eigenvalue weighted by Crippen LogP contribution is 2.28. The van der Waals surface area contributed by atoms with E-state index < -0.39 is 0 Å². The number of anilines is 2. The molecule has 0 saturated carbocycles. The van der Waals surface area contributed by atoms with Crippen LogP contribution in [0.2, 0.25) is 0 Å². The number of hydrogen-bond donors (Lipinski definition) is 2. The van der Waals surface area contributed by atoms with Crippen LogP contribution in [0.5, 0.6) is 0 Å². The van der Waals surface area contributed by atoms with Gasteiger partial charge in [0.25, 0.3) is 5.91 Å². The maximum Gasteiger partial charge on any atom is 0.255 e. The summed E-state index contributed by atoms with van der Waals surface area (Å²) in [6.45, 7) is 9.63. The van der Waals surface area contributed by atoms with Crippen molar-refractivity contribution in [2.24, 2.45) is 5.92 Å². The van der Waals surface area contributed by atoms with Crippen LogP contribution >= 0.6 is 0 Å². The Labute approximate surface area is 178 Å². The molecule has 3 aromatic rings. The Morgan fingerprint density at radius 1 is 1.17 bits per heavy atom. The fraction of sp³-hybridized carbons (Fsp3) is 0.435. The molecule has 0 fully saturated rings. The number of nitrogens with one attached hydrogen (secondary N) is 2. The van der Waals surface area contributed by atoms with Crippen molar-refractivity contribution in [2.45, 2.75) is 46.8 Å². The maximum atomic E-state index is 13.2. The molecule has 160 valence electrons. The van der Waals surface area contributed by atoms with Crippen molar-refractivity contribution < 1.29 is 4.79 Å². The predicted octanol–water partition coefficient (Wildman–Crippen LogP) is 3.90. The van der Waals surface area contributed by atoms with Crippen molar-refractivity contribution in [1.29, 1.82) is 0 Å². The number of para-hydroxylation sites is 1. The zero-order chi connectivity index (χ0) is 21.8. The van der Waals surface area contributed by atoms with Gasteiger partial charge in [0, 0.05) is 45.1 Å². The summed E-state index contributed by atoms with van der Waals surface area (Å²) < 4.78 is 1.84. The summed E-state index contributed by atoms with van der Waals surface area (Å²) in [5.74, 6) is 0.262. The van der Waals surface area contributed by atoms with Crippen molar-refractivity contribution in [3.05, 3.63) is 47.8 Å². The van der Waals surface area contributed by atoms with E-state index in [1.165, 1.54) is 0 Å². The summed E-state index contributed by atoms with van der Waals surface area (Å²) in [5.41, 5.74) is 4.26. The summed E-state index contributed by atoms with van der Waals surface area (Å²) >= 11 is 0. The van der Waals surface area contributed by atoms with Crippen molar-refractivity contribution in [3.8, 4) is 0 Å². The van der Waals surface area contributed by atoms with Gasteiger partial charge in [0.15, 0.2) is 5.65 Å². The highest BCUT2D eigenvalue weighted by atomic mass is 16.1. The number of aryl methyl sites for hydroxylation is 1. The van der Waals surface area contributed by atoms with Gasteiger partial charge >= 0.3 is 0 Å². The Hall–Kier alpha value is -3.09. The molecule has 2 aromatic heterocycles. The molecule has 0 radical (unpaired) electrons. The molecule has 7 nitrogen and oxygen atoms in total. The Balaban J connectivity index is 1.93. The lowest BCUT2D eigenvalue weighted by Gasteiger charge is -2.22. The van der Waals surface area contributed by atoms with Crippen LogP contribution in [-0.4, -0.2) is 40.8 Å². The number of nitrogens with zero attached hydrogens (tertiary/aromatic N) is 4. The molecule has 0 spiro atoms. The second-order valence-corrected chi connectivity index (χ2v) is 8.13. The predicted molar refractivity (Wildman–Crippen MR) is 123 cm³/mol. The van der Waals surface area contributed by atoms with E-state index in [4.69, 9.17) is 0 Å². The van der Waals surface area contributed by atoms with E-state index in [0.717, 1.165) is 34.5 Å². The summed E-state index contributed by atoms with van der Waals surface area (Å²) in [4.78, 5) is 19.7. The number of pyridine rings is 1. The van der Waals surface area contributed by atoms with Gasteiger partial charge in [-0.25, -0.2) is 9.67 Å². The molecule has 3 rings (SSSR count). The molecular weight excluding hydrogens is 376 g/mol. The molecule has 0 aliphatic heterocycles. The summed E-state index contributed by atoms with van der Waals surface area (Å²) in [6, 6.07) is 8.26. The second-order valence-electron chi connectivity index (χ2n) is 8.13. The smallest absolute Gasteiger partial charge is 0.255 e. The molecule has 30 heavy (non-hydrogen) atoms. The zero-order valence-electron chi connectivity index (χ0n) is 18.7. The minimum Gasteiger partial charge on any atom is -0.381 e. The molecule has 0 bridgehead atoms. The normalized spacial score (nSPS) is 12.2. The van der Waals surface area contributed by atoms with Crippen molar-refractivity contribution in [2.75, 3.05) is 24.3 Å². The average Bonchev–Trinajstić information content (AvgIpc) is 3.15. The van der Waals surface area contributed by atoms with Gasteiger partial charge in [-0.2, -0.15) is 5.10 Å². The standard InChI is InChI=1S/C23H32N6O/c1-7-29-22-18(14-26-29)21(27-16(4)15(2)3)19(13-24-22)23(30)25-12-17-10-8-9-11-20(17)28(5)6/h8-11,13-16H,7,12H2,1-6H3,(H,24,27)(H,25,30)/t16-/m0/s1. The van der Waals surface area contributed by atoms with Gasteiger partial charge in [0.2, 0.25) is 0 Å². The number of benzene rings is 1. The molecule has 7 heteroatoms. The van der Waals surface area contributed by atoms with E-state index in [1.54, 1.807) is 12.4 Å².